The van der Waals surface area contributed by atoms with Gasteiger partial charge in [-0.3, -0.25) is 9.59 Å². The fraction of sp³-hybridized carbons (Fsp3) is 0.320. The topological polar surface area (TPSA) is 65.5 Å². The number of ketones is 1. The van der Waals surface area contributed by atoms with E-state index in [9.17, 15) is 9.59 Å². The Balaban J connectivity index is 1.75. The molecule has 1 aromatic heterocycles. The molecule has 3 rings (SSSR count). The molecule has 30 heavy (non-hydrogen) atoms. The minimum absolute atomic E-state index is 0.0223. The van der Waals surface area contributed by atoms with Crippen molar-refractivity contribution in [1.29, 1.82) is 0 Å². The summed E-state index contributed by atoms with van der Waals surface area (Å²) in [6, 6.07) is 16.5. The van der Waals surface area contributed by atoms with Gasteiger partial charge in [-0.05, 0) is 76.1 Å². The fourth-order valence-corrected chi connectivity index (χ4v) is 3.18. The molecule has 0 saturated heterocycles. The third kappa shape index (κ3) is 5.23. The number of ether oxygens (including phenoxy) is 2. The predicted octanol–water partition coefficient (Wildman–Crippen LogP) is 6.07. The van der Waals surface area contributed by atoms with Crippen molar-refractivity contribution in [3.05, 3.63) is 65.7 Å². The molecule has 0 amide bonds. The van der Waals surface area contributed by atoms with Gasteiger partial charge in [0.1, 0.15) is 11.4 Å². The molecule has 2 aromatic carbocycles. The Morgan fingerprint density at radius 2 is 1.70 bits per heavy atom. The Morgan fingerprint density at radius 1 is 1.00 bits per heavy atom. The number of hydrogen-bond donors (Lipinski definition) is 0. The van der Waals surface area contributed by atoms with Crippen molar-refractivity contribution in [1.82, 2.24) is 4.98 Å². The minimum atomic E-state index is -0.513. The van der Waals surface area contributed by atoms with Crippen molar-refractivity contribution in [3.8, 4) is 11.6 Å². The number of benzene rings is 2. The van der Waals surface area contributed by atoms with Crippen LogP contribution in [-0.4, -0.2) is 22.3 Å². The first-order chi connectivity index (χ1) is 14.2. The van der Waals surface area contributed by atoms with Crippen LogP contribution in [-0.2, 0) is 9.53 Å². The quantitative estimate of drug-likeness (QED) is 0.368. The van der Waals surface area contributed by atoms with Gasteiger partial charge >= 0.3 is 5.97 Å². The lowest BCUT2D eigenvalue weighted by Crippen LogP contribution is -2.27. The van der Waals surface area contributed by atoms with Crippen LogP contribution < -0.4 is 4.74 Å². The summed E-state index contributed by atoms with van der Waals surface area (Å²) in [5, 5.41) is 0.883. The zero-order valence-electron chi connectivity index (χ0n) is 18.1. The number of pyridine rings is 1. The van der Waals surface area contributed by atoms with Crippen LogP contribution >= 0.6 is 0 Å². The van der Waals surface area contributed by atoms with Crippen LogP contribution in [0.3, 0.4) is 0 Å². The molecular formula is C25H27NO4. The van der Waals surface area contributed by atoms with Crippen molar-refractivity contribution in [3.63, 3.8) is 0 Å². The lowest BCUT2D eigenvalue weighted by Gasteiger charge is -2.23. The smallest absolute Gasteiger partial charge is 0.313 e. The summed E-state index contributed by atoms with van der Waals surface area (Å²) in [5.41, 5.74) is 1.79. The first-order valence-electron chi connectivity index (χ1n) is 10.1. The summed E-state index contributed by atoms with van der Waals surface area (Å²) >= 11 is 0. The zero-order chi connectivity index (χ0) is 21.9. The van der Waals surface area contributed by atoms with Crippen LogP contribution in [0.2, 0.25) is 0 Å². The average Bonchev–Trinajstić information content (AvgIpc) is 2.68. The SMILES string of the molecule is CCC(C(=O)OC(C)(C)C)c1ccc(Oc2ccc3cc(C(C)=O)ccc3n2)cc1. The van der Waals surface area contributed by atoms with Crippen LogP contribution in [0.15, 0.2) is 54.6 Å². The van der Waals surface area contributed by atoms with E-state index in [1.54, 1.807) is 19.1 Å². The van der Waals surface area contributed by atoms with Crippen LogP contribution in [0.4, 0.5) is 0 Å². The van der Waals surface area contributed by atoms with Crippen molar-refractivity contribution >= 4 is 22.7 Å². The monoisotopic (exact) mass is 405 g/mol. The number of hydrogen-bond acceptors (Lipinski definition) is 5. The van der Waals surface area contributed by atoms with Crippen molar-refractivity contribution < 1.29 is 19.1 Å². The number of carbonyl (C=O) groups is 2. The van der Waals surface area contributed by atoms with Gasteiger partial charge in [-0.25, -0.2) is 4.98 Å². The maximum absolute atomic E-state index is 12.5. The van der Waals surface area contributed by atoms with Gasteiger partial charge in [0.05, 0.1) is 11.4 Å². The molecule has 0 spiro atoms. The molecular weight excluding hydrogens is 378 g/mol. The fourth-order valence-electron chi connectivity index (χ4n) is 3.18. The number of esters is 1. The van der Waals surface area contributed by atoms with E-state index >= 15 is 0 Å². The first kappa shape index (κ1) is 21.5. The standard InChI is InChI=1S/C25H27NO4/c1-6-21(24(28)30-25(3,4)5)17-7-11-20(12-8-17)29-23-14-10-19-15-18(16(2)27)9-13-22(19)26-23/h7-15,21H,6H2,1-5H3. The molecule has 0 saturated carbocycles. The molecule has 1 heterocycles. The molecule has 5 nitrogen and oxygen atoms in total. The third-order valence-corrected chi connectivity index (χ3v) is 4.67. The van der Waals surface area contributed by atoms with Crippen LogP contribution in [0.1, 0.15) is 62.9 Å². The molecule has 0 aliphatic carbocycles. The van der Waals surface area contributed by atoms with E-state index < -0.39 is 5.60 Å². The second kappa shape index (κ2) is 8.66. The van der Waals surface area contributed by atoms with Crippen LogP contribution in [0.5, 0.6) is 11.6 Å². The molecule has 0 bridgehead atoms. The zero-order valence-corrected chi connectivity index (χ0v) is 18.1. The Morgan fingerprint density at radius 3 is 2.30 bits per heavy atom. The number of rotatable bonds is 6. The Bertz CT molecular complexity index is 1060. The molecule has 0 radical (unpaired) electrons. The second-order valence-corrected chi connectivity index (χ2v) is 8.28. The van der Waals surface area contributed by atoms with E-state index in [1.165, 1.54) is 0 Å². The van der Waals surface area contributed by atoms with Crippen molar-refractivity contribution in [2.24, 2.45) is 0 Å². The minimum Gasteiger partial charge on any atom is -0.459 e. The molecule has 0 aliphatic heterocycles. The number of carbonyl (C=O) groups excluding carboxylic acids is 2. The number of aromatic nitrogens is 1. The average molecular weight is 405 g/mol. The van der Waals surface area contributed by atoms with Crippen molar-refractivity contribution in [2.45, 2.75) is 52.6 Å². The third-order valence-electron chi connectivity index (χ3n) is 4.67. The Kier molecular flexibility index (Phi) is 6.20. The van der Waals surface area contributed by atoms with E-state index in [4.69, 9.17) is 9.47 Å². The summed E-state index contributed by atoms with van der Waals surface area (Å²) in [7, 11) is 0. The molecule has 1 atom stereocenters. The highest BCUT2D eigenvalue weighted by atomic mass is 16.6. The highest BCUT2D eigenvalue weighted by Gasteiger charge is 2.25. The lowest BCUT2D eigenvalue weighted by atomic mass is 9.96. The molecule has 5 heteroatoms. The number of fused-ring (bicyclic) bond motifs is 1. The van der Waals surface area contributed by atoms with Gasteiger partial charge in [-0.15, -0.1) is 0 Å². The van der Waals surface area contributed by atoms with Gasteiger partial charge in [0.25, 0.3) is 0 Å². The van der Waals surface area contributed by atoms with E-state index in [2.05, 4.69) is 4.98 Å². The molecule has 156 valence electrons. The lowest BCUT2D eigenvalue weighted by molar-refractivity contribution is -0.156. The summed E-state index contributed by atoms with van der Waals surface area (Å²) < 4.78 is 11.4. The summed E-state index contributed by atoms with van der Waals surface area (Å²) in [4.78, 5) is 28.5. The van der Waals surface area contributed by atoms with E-state index in [0.717, 1.165) is 16.5 Å². The predicted molar refractivity (Wildman–Crippen MR) is 117 cm³/mol. The summed E-state index contributed by atoms with van der Waals surface area (Å²) in [6.45, 7) is 9.11. The van der Waals surface area contributed by atoms with Gasteiger partial charge in [-0.2, -0.15) is 0 Å². The molecule has 1 unspecified atom stereocenters. The second-order valence-electron chi connectivity index (χ2n) is 8.28. The molecule has 0 N–H and O–H groups in total. The molecule has 0 fully saturated rings. The maximum atomic E-state index is 12.5. The maximum Gasteiger partial charge on any atom is 0.313 e. The largest absolute Gasteiger partial charge is 0.459 e. The summed E-state index contributed by atoms with van der Waals surface area (Å²) in [6.07, 6.45) is 0.656. The van der Waals surface area contributed by atoms with Crippen molar-refractivity contribution in [2.75, 3.05) is 0 Å². The highest BCUT2D eigenvalue weighted by molar-refractivity contribution is 5.97. The summed E-state index contributed by atoms with van der Waals surface area (Å²) in [5.74, 6) is 0.580. The van der Waals surface area contributed by atoms with Gasteiger partial charge in [-0.1, -0.05) is 19.1 Å². The van der Waals surface area contributed by atoms with Crippen LogP contribution in [0.25, 0.3) is 10.9 Å². The number of Topliss-reactive ketones (excluding diaryl/α,β-unsaturated/α-hetero) is 1. The normalized spacial score (nSPS) is 12.4. The molecule has 3 aromatic rings. The van der Waals surface area contributed by atoms with E-state index in [1.807, 2.05) is 70.2 Å². The van der Waals surface area contributed by atoms with E-state index in [-0.39, 0.29) is 17.7 Å². The Hall–Kier alpha value is -3.21. The highest BCUT2D eigenvalue weighted by Crippen LogP contribution is 2.28. The van der Waals surface area contributed by atoms with Gasteiger partial charge in [0.15, 0.2) is 5.78 Å². The van der Waals surface area contributed by atoms with Crippen LogP contribution in [0, 0.1) is 0 Å². The Labute approximate surface area is 177 Å². The molecule has 0 aliphatic rings. The van der Waals surface area contributed by atoms with Gasteiger partial charge < -0.3 is 9.47 Å². The first-order valence-corrected chi connectivity index (χ1v) is 10.1. The van der Waals surface area contributed by atoms with Gasteiger partial charge in [0, 0.05) is 17.0 Å². The van der Waals surface area contributed by atoms with Gasteiger partial charge in [0.2, 0.25) is 5.88 Å². The number of nitrogens with zero attached hydrogens (tertiary/aromatic N) is 1. The van der Waals surface area contributed by atoms with E-state index in [0.29, 0.717) is 23.6 Å².